The lowest BCUT2D eigenvalue weighted by molar-refractivity contribution is -0.140. The van der Waals surface area contributed by atoms with Crippen LogP contribution in [0.15, 0.2) is 12.1 Å². The molecule has 1 aliphatic carbocycles. The molecule has 2 bridgehead atoms. The van der Waals surface area contributed by atoms with E-state index >= 15 is 0 Å². The summed E-state index contributed by atoms with van der Waals surface area (Å²) in [6.07, 6.45) is 6.44. The van der Waals surface area contributed by atoms with Crippen LogP contribution in [-0.2, 0) is 19.6 Å². The number of nitrogens with zero attached hydrogens (tertiary/aromatic N) is 1. The van der Waals surface area contributed by atoms with Gasteiger partial charge in [-0.3, -0.25) is 4.79 Å². The first kappa shape index (κ1) is 22.8. The molecule has 2 fully saturated rings. The molecule has 0 radical (unpaired) electrons. The van der Waals surface area contributed by atoms with E-state index in [1.807, 2.05) is 19.1 Å². The maximum Gasteiger partial charge on any atom is 0.260 e. The second-order valence-electron chi connectivity index (χ2n) is 8.97. The molecule has 3 heterocycles. The van der Waals surface area contributed by atoms with Crippen LogP contribution in [0, 0.1) is 6.92 Å². The third-order valence-electron chi connectivity index (χ3n) is 6.81. The quantitative estimate of drug-likeness (QED) is 0.718. The zero-order valence-corrected chi connectivity index (χ0v) is 19.7. The number of rotatable bonds is 2. The van der Waals surface area contributed by atoms with E-state index in [9.17, 15) is 13.2 Å². The highest BCUT2D eigenvalue weighted by molar-refractivity contribution is 7.88. The fraction of sp³-hybridized carbons (Fsp3) is 0.682. The van der Waals surface area contributed by atoms with Gasteiger partial charge in [-0.15, -0.1) is 0 Å². The highest BCUT2D eigenvalue weighted by Gasteiger charge is 2.38. The number of hydrogen-bond donors (Lipinski definition) is 1. The molecule has 1 saturated heterocycles. The molecule has 9 heteroatoms. The number of carbonyl (C=O) groups is 1. The Morgan fingerprint density at radius 3 is 2.61 bits per heavy atom. The summed E-state index contributed by atoms with van der Waals surface area (Å²) in [5.41, 5.74) is 2.11. The molecule has 2 atom stereocenters. The van der Waals surface area contributed by atoms with Gasteiger partial charge >= 0.3 is 0 Å². The van der Waals surface area contributed by atoms with E-state index in [-0.39, 0.29) is 30.7 Å². The number of amides is 1. The van der Waals surface area contributed by atoms with Gasteiger partial charge in [0.05, 0.1) is 25.0 Å². The molecule has 1 aromatic carbocycles. The SMILES string of the molecule is Cc1c(Cl)ccc2c1[C@H]1CC[C@H](CC1)OC[C@H]1C(NS(C)(=O)=O)CCCN1C(=O)CO2. The van der Waals surface area contributed by atoms with Crippen LogP contribution in [0.3, 0.4) is 0 Å². The van der Waals surface area contributed by atoms with Crippen molar-refractivity contribution in [3.8, 4) is 5.75 Å². The lowest BCUT2D eigenvalue weighted by Gasteiger charge is -2.41. The molecule has 3 aliphatic heterocycles. The van der Waals surface area contributed by atoms with Crippen molar-refractivity contribution in [1.82, 2.24) is 9.62 Å². The molecule has 1 saturated carbocycles. The van der Waals surface area contributed by atoms with E-state index in [1.165, 1.54) is 0 Å². The van der Waals surface area contributed by atoms with Gasteiger partial charge in [-0.1, -0.05) is 11.6 Å². The van der Waals surface area contributed by atoms with Crippen LogP contribution in [-0.4, -0.2) is 63.4 Å². The van der Waals surface area contributed by atoms with Gasteiger partial charge in [0.25, 0.3) is 5.91 Å². The van der Waals surface area contributed by atoms with Crippen molar-refractivity contribution >= 4 is 27.5 Å². The number of benzene rings is 1. The monoisotopic (exact) mass is 470 g/mol. The van der Waals surface area contributed by atoms with E-state index in [0.29, 0.717) is 30.5 Å². The Kier molecular flexibility index (Phi) is 6.82. The van der Waals surface area contributed by atoms with Crippen LogP contribution >= 0.6 is 11.6 Å². The number of carbonyl (C=O) groups excluding carboxylic acids is 1. The van der Waals surface area contributed by atoms with Crippen molar-refractivity contribution in [1.29, 1.82) is 0 Å². The Morgan fingerprint density at radius 2 is 1.90 bits per heavy atom. The Morgan fingerprint density at radius 1 is 1.16 bits per heavy atom. The largest absolute Gasteiger partial charge is 0.483 e. The molecule has 0 spiro atoms. The lowest BCUT2D eigenvalue weighted by atomic mass is 9.80. The average molecular weight is 471 g/mol. The summed E-state index contributed by atoms with van der Waals surface area (Å²) < 4.78 is 38.8. The van der Waals surface area contributed by atoms with Crippen molar-refractivity contribution in [2.75, 3.05) is 26.0 Å². The first-order valence-corrected chi connectivity index (χ1v) is 13.3. The van der Waals surface area contributed by atoms with Crippen LogP contribution in [0.2, 0.25) is 5.02 Å². The summed E-state index contributed by atoms with van der Waals surface area (Å²) in [4.78, 5) is 14.9. The third kappa shape index (κ3) is 5.18. The van der Waals surface area contributed by atoms with Crippen molar-refractivity contribution < 1.29 is 22.7 Å². The predicted molar refractivity (Wildman–Crippen MR) is 119 cm³/mol. The molecule has 4 aliphatic rings. The van der Waals surface area contributed by atoms with Crippen LogP contribution < -0.4 is 9.46 Å². The molecule has 5 rings (SSSR count). The van der Waals surface area contributed by atoms with E-state index < -0.39 is 10.0 Å². The van der Waals surface area contributed by atoms with Gasteiger partial charge in [0.15, 0.2) is 6.61 Å². The highest BCUT2D eigenvalue weighted by Crippen LogP contribution is 2.42. The van der Waals surface area contributed by atoms with Gasteiger partial charge in [0.1, 0.15) is 5.75 Å². The summed E-state index contributed by atoms with van der Waals surface area (Å²) in [6, 6.07) is 2.98. The number of fused-ring (bicyclic) bond motifs is 5. The molecular formula is C22H31ClN2O5S. The van der Waals surface area contributed by atoms with Gasteiger partial charge in [-0.25, -0.2) is 13.1 Å². The van der Waals surface area contributed by atoms with Gasteiger partial charge in [-0.2, -0.15) is 0 Å². The van der Waals surface area contributed by atoms with Crippen LogP contribution in [0.25, 0.3) is 0 Å². The highest BCUT2D eigenvalue weighted by atomic mass is 35.5. The molecule has 1 aromatic rings. The topological polar surface area (TPSA) is 84.9 Å². The van der Waals surface area contributed by atoms with Gasteiger partial charge in [-0.05, 0) is 69.1 Å². The second kappa shape index (κ2) is 9.25. The number of halogens is 1. The summed E-state index contributed by atoms with van der Waals surface area (Å²) in [6.45, 7) is 2.81. The second-order valence-corrected chi connectivity index (χ2v) is 11.2. The molecule has 7 nitrogen and oxygen atoms in total. The number of hydrogen-bond acceptors (Lipinski definition) is 5. The van der Waals surface area contributed by atoms with E-state index in [1.54, 1.807) is 4.90 Å². The summed E-state index contributed by atoms with van der Waals surface area (Å²) in [5, 5.41) is 0.710. The van der Waals surface area contributed by atoms with Gasteiger partial charge in [0.2, 0.25) is 10.0 Å². The molecule has 31 heavy (non-hydrogen) atoms. The van der Waals surface area contributed by atoms with E-state index in [4.69, 9.17) is 21.1 Å². The van der Waals surface area contributed by atoms with Crippen LogP contribution in [0.5, 0.6) is 5.75 Å². The minimum atomic E-state index is -3.40. The smallest absolute Gasteiger partial charge is 0.260 e. The molecule has 1 amide bonds. The summed E-state index contributed by atoms with van der Waals surface area (Å²) >= 11 is 6.41. The van der Waals surface area contributed by atoms with Crippen LogP contribution in [0.1, 0.15) is 55.6 Å². The zero-order chi connectivity index (χ0) is 22.2. The number of piperidine rings is 1. The summed E-state index contributed by atoms with van der Waals surface area (Å²) in [5.74, 6) is 0.892. The van der Waals surface area contributed by atoms with Crippen molar-refractivity contribution in [2.24, 2.45) is 0 Å². The van der Waals surface area contributed by atoms with E-state index in [0.717, 1.165) is 55.2 Å². The predicted octanol–water partition coefficient (Wildman–Crippen LogP) is 2.99. The minimum absolute atomic E-state index is 0.0910. The first-order valence-electron chi connectivity index (χ1n) is 11.0. The Hall–Kier alpha value is -1.35. The maximum atomic E-state index is 13.1. The fourth-order valence-corrected chi connectivity index (χ4v) is 6.26. The molecule has 0 aromatic heterocycles. The first-order chi connectivity index (χ1) is 14.7. The van der Waals surface area contributed by atoms with Crippen LogP contribution in [0.4, 0.5) is 0 Å². The van der Waals surface area contributed by atoms with Gasteiger partial charge in [0, 0.05) is 23.2 Å². The zero-order valence-electron chi connectivity index (χ0n) is 18.1. The van der Waals surface area contributed by atoms with E-state index in [2.05, 4.69) is 4.72 Å². The van der Waals surface area contributed by atoms with Gasteiger partial charge < -0.3 is 14.4 Å². The number of sulfonamides is 1. The Labute approximate surface area is 189 Å². The molecule has 1 unspecified atom stereocenters. The lowest BCUT2D eigenvalue weighted by Crippen LogP contribution is -2.59. The van der Waals surface area contributed by atoms with Crippen molar-refractivity contribution in [3.05, 3.63) is 28.3 Å². The average Bonchev–Trinajstić information content (AvgIpc) is 2.73. The van der Waals surface area contributed by atoms with Crippen molar-refractivity contribution in [3.63, 3.8) is 0 Å². The minimum Gasteiger partial charge on any atom is -0.483 e. The molecule has 1 N–H and O–H groups in total. The third-order valence-corrected chi connectivity index (χ3v) is 7.95. The fourth-order valence-electron chi connectivity index (χ4n) is 5.27. The molecule has 172 valence electrons. The normalized spacial score (nSPS) is 29.8. The number of ether oxygens (including phenoxy) is 2. The Balaban J connectivity index is 1.65. The maximum absolute atomic E-state index is 13.1. The standard InChI is InChI=1S/C22H31ClN2O5S/c1-14-17(23)9-10-20-22(14)15-5-7-16(8-6-15)29-12-19-18(24-31(2,27)28)4-3-11-25(19)21(26)13-30-20/h9-10,15-16,18-19,24H,3-8,11-13H2,1-2H3/t15-,16+,18?,19-/m0/s1. The van der Waals surface area contributed by atoms with Crippen molar-refractivity contribution in [2.45, 2.75) is 69.6 Å². The number of nitrogens with one attached hydrogen (secondary N) is 1. The molecular weight excluding hydrogens is 440 g/mol. The Bertz CT molecular complexity index is 930. The summed E-state index contributed by atoms with van der Waals surface area (Å²) in [7, 11) is -3.40.